The van der Waals surface area contributed by atoms with Gasteiger partial charge in [0.05, 0.1) is 13.2 Å². The van der Waals surface area contributed by atoms with E-state index in [1.165, 1.54) is 0 Å². The smallest absolute Gasteiger partial charge is 0.224 e. The van der Waals surface area contributed by atoms with Crippen LogP contribution in [0.5, 0.6) is 0 Å². The van der Waals surface area contributed by atoms with Crippen molar-refractivity contribution in [1.82, 2.24) is 0 Å². The molecular weight excluding hydrogens is 320 g/mol. The van der Waals surface area contributed by atoms with Gasteiger partial charge in [-0.3, -0.25) is 0 Å². The maximum Gasteiger partial charge on any atom is 0.224 e. The van der Waals surface area contributed by atoms with Crippen molar-refractivity contribution in [2.75, 3.05) is 19.8 Å². The minimum atomic E-state index is -2.22. The zero-order chi connectivity index (χ0) is 17.4. The Bertz CT molecular complexity index is 393. The molecule has 11 heteroatoms. The number of hydrogen-bond donors (Lipinski definition) is 8. The van der Waals surface area contributed by atoms with Gasteiger partial charge in [0.15, 0.2) is 6.29 Å². The Balaban J connectivity index is 2.18. The summed E-state index contributed by atoms with van der Waals surface area (Å²) in [5.74, 6) is -2.22. The van der Waals surface area contributed by atoms with Crippen LogP contribution in [0.3, 0.4) is 0 Å². The first-order valence-electron chi connectivity index (χ1n) is 7.05. The molecule has 2 rings (SSSR count). The highest BCUT2D eigenvalue weighted by Crippen LogP contribution is 2.35. The van der Waals surface area contributed by atoms with Crippen LogP contribution >= 0.6 is 0 Å². The van der Waals surface area contributed by atoms with Gasteiger partial charge in [0.1, 0.15) is 49.3 Å². The number of aliphatic hydroxyl groups excluding tert-OH is 8. The number of hydrogen-bond acceptors (Lipinski definition) is 11. The lowest BCUT2D eigenvalue weighted by molar-refractivity contribution is -0.383. The molecular formula is C12H22O11. The van der Waals surface area contributed by atoms with Crippen molar-refractivity contribution >= 4 is 0 Å². The molecule has 2 aliphatic rings. The van der Waals surface area contributed by atoms with E-state index in [9.17, 15) is 30.6 Å². The van der Waals surface area contributed by atoms with Gasteiger partial charge in [0.25, 0.3) is 0 Å². The molecule has 23 heavy (non-hydrogen) atoms. The van der Waals surface area contributed by atoms with Crippen molar-refractivity contribution in [3.63, 3.8) is 0 Å². The Labute approximate surface area is 130 Å². The van der Waals surface area contributed by atoms with E-state index in [1.54, 1.807) is 0 Å². The van der Waals surface area contributed by atoms with E-state index in [0.717, 1.165) is 0 Å². The molecule has 9 atom stereocenters. The van der Waals surface area contributed by atoms with Gasteiger partial charge in [0, 0.05) is 0 Å². The van der Waals surface area contributed by atoms with Crippen molar-refractivity contribution < 1.29 is 55.1 Å². The summed E-state index contributed by atoms with van der Waals surface area (Å²) in [5, 5.41) is 76.7. The van der Waals surface area contributed by atoms with Crippen LogP contribution in [0.1, 0.15) is 0 Å². The molecule has 2 saturated heterocycles. The van der Waals surface area contributed by atoms with Crippen molar-refractivity contribution in [3.8, 4) is 0 Å². The van der Waals surface area contributed by atoms with E-state index in [2.05, 4.69) is 0 Å². The first-order chi connectivity index (χ1) is 10.8. The standard InChI is InChI=1S/C12H22O11/c13-1-4-6(16)8(18)9(19)11(21-4)23-12(3-15)10(20)7(17)5(2-14)22-12/h4-11,13-20H,1-3H2/t4?,5-,6-,7+,8-,9?,10?,11-,12+/m1/s1. The lowest BCUT2D eigenvalue weighted by atomic mass is 9.99. The average Bonchev–Trinajstić information content (AvgIpc) is 2.80. The van der Waals surface area contributed by atoms with Crippen LogP contribution in [0.4, 0.5) is 0 Å². The number of ether oxygens (including phenoxy) is 3. The summed E-state index contributed by atoms with van der Waals surface area (Å²) in [4.78, 5) is 0. The quantitative estimate of drug-likeness (QED) is 0.238. The normalized spacial score (nSPS) is 51.1. The Morgan fingerprint density at radius 3 is 1.87 bits per heavy atom. The molecule has 2 aliphatic heterocycles. The molecule has 0 bridgehead atoms. The summed E-state index contributed by atoms with van der Waals surface area (Å²) in [6.07, 6.45) is -12.7. The Kier molecular flexibility index (Phi) is 5.92. The topological polar surface area (TPSA) is 190 Å². The number of rotatable bonds is 5. The molecule has 11 nitrogen and oxygen atoms in total. The van der Waals surface area contributed by atoms with Gasteiger partial charge in [-0.15, -0.1) is 0 Å². The maximum absolute atomic E-state index is 10.00. The second kappa shape index (κ2) is 7.21. The second-order valence-corrected chi connectivity index (χ2v) is 5.56. The zero-order valence-electron chi connectivity index (χ0n) is 12.0. The monoisotopic (exact) mass is 342 g/mol. The zero-order valence-corrected chi connectivity index (χ0v) is 12.0. The molecule has 0 radical (unpaired) electrons. The lowest BCUT2D eigenvalue weighted by Gasteiger charge is -2.43. The van der Waals surface area contributed by atoms with Gasteiger partial charge < -0.3 is 55.1 Å². The van der Waals surface area contributed by atoms with Gasteiger partial charge >= 0.3 is 0 Å². The van der Waals surface area contributed by atoms with Crippen molar-refractivity contribution in [2.24, 2.45) is 0 Å². The Hall–Kier alpha value is -0.440. The van der Waals surface area contributed by atoms with Crippen LogP contribution in [-0.4, -0.2) is 115 Å². The van der Waals surface area contributed by atoms with Gasteiger partial charge in [-0.1, -0.05) is 0 Å². The first-order valence-corrected chi connectivity index (χ1v) is 7.05. The molecule has 0 saturated carbocycles. The highest BCUT2D eigenvalue weighted by atomic mass is 16.8. The van der Waals surface area contributed by atoms with Gasteiger partial charge in [-0.25, -0.2) is 0 Å². The molecule has 3 unspecified atom stereocenters. The van der Waals surface area contributed by atoms with Crippen molar-refractivity contribution in [3.05, 3.63) is 0 Å². The third kappa shape index (κ3) is 3.23. The molecule has 136 valence electrons. The van der Waals surface area contributed by atoms with E-state index in [0.29, 0.717) is 0 Å². The van der Waals surface area contributed by atoms with Crippen molar-refractivity contribution in [1.29, 1.82) is 0 Å². The summed E-state index contributed by atoms with van der Waals surface area (Å²) in [5.41, 5.74) is 0. The third-order valence-electron chi connectivity index (χ3n) is 4.07. The number of aliphatic hydroxyl groups is 8. The fourth-order valence-corrected chi connectivity index (χ4v) is 2.63. The Morgan fingerprint density at radius 1 is 0.783 bits per heavy atom. The summed E-state index contributed by atoms with van der Waals surface area (Å²) in [6, 6.07) is 0. The van der Waals surface area contributed by atoms with Crippen LogP contribution in [0.25, 0.3) is 0 Å². The summed E-state index contributed by atoms with van der Waals surface area (Å²) < 4.78 is 15.4. The van der Waals surface area contributed by atoms with E-state index in [4.69, 9.17) is 24.4 Å². The van der Waals surface area contributed by atoms with Crippen LogP contribution in [0.15, 0.2) is 0 Å². The summed E-state index contributed by atoms with van der Waals surface area (Å²) in [6.45, 7) is -2.32. The molecule has 0 spiro atoms. The van der Waals surface area contributed by atoms with E-state index >= 15 is 0 Å². The SMILES string of the molecule is OCC1O[C@H](O[C@]2(CO)O[C@H](CO)[C@H](O)C2O)C(O)[C@H](O)[C@@H]1O. The van der Waals surface area contributed by atoms with Crippen LogP contribution in [0.2, 0.25) is 0 Å². The minimum Gasteiger partial charge on any atom is -0.394 e. The van der Waals surface area contributed by atoms with Crippen LogP contribution < -0.4 is 0 Å². The van der Waals surface area contributed by atoms with Gasteiger partial charge in [-0.05, 0) is 0 Å². The lowest BCUT2D eigenvalue weighted by Crippen LogP contribution is -2.62. The largest absolute Gasteiger partial charge is 0.394 e. The summed E-state index contributed by atoms with van der Waals surface area (Å²) in [7, 11) is 0. The highest BCUT2D eigenvalue weighted by Gasteiger charge is 2.58. The Morgan fingerprint density at radius 2 is 1.39 bits per heavy atom. The fraction of sp³-hybridized carbons (Fsp3) is 1.00. The van der Waals surface area contributed by atoms with Crippen LogP contribution in [-0.2, 0) is 14.2 Å². The molecule has 2 heterocycles. The molecule has 0 aromatic rings. The van der Waals surface area contributed by atoms with E-state index in [-0.39, 0.29) is 0 Å². The first kappa shape index (κ1) is 18.9. The molecule has 8 N–H and O–H groups in total. The second-order valence-electron chi connectivity index (χ2n) is 5.56. The molecule has 0 amide bonds. The molecule has 0 aromatic carbocycles. The highest BCUT2D eigenvalue weighted by molar-refractivity contribution is 4.98. The minimum absolute atomic E-state index is 0.669. The summed E-state index contributed by atoms with van der Waals surface area (Å²) >= 11 is 0. The van der Waals surface area contributed by atoms with E-state index in [1.807, 2.05) is 0 Å². The predicted molar refractivity (Wildman–Crippen MR) is 68.6 cm³/mol. The molecule has 2 fully saturated rings. The molecule has 0 aliphatic carbocycles. The van der Waals surface area contributed by atoms with Gasteiger partial charge in [0.2, 0.25) is 5.79 Å². The van der Waals surface area contributed by atoms with E-state index < -0.39 is 74.6 Å². The third-order valence-corrected chi connectivity index (χ3v) is 4.07. The van der Waals surface area contributed by atoms with Crippen LogP contribution in [0, 0.1) is 0 Å². The van der Waals surface area contributed by atoms with Gasteiger partial charge in [-0.2, -0.15) is 0 Å². The van der Waals surface area contributed by atoms with Crippen molar-refractivity contribution in [2.45, 2.75) is 54.8 Å². The molecule has 0 aromatic heterocycles. The maximum atomic E-state index is 10.00. The predicted octanol–water partition coefficient (Wildman–Crippen LogP) is -5.40. The fourth-order valence-electron chi connectivity index (χ4n) is 2.63. The average molecular weight is 342 g/mol.